The van der Waals surface area contributed by atoms with E-state index in [1.54, 1.807) is 34.7 Å². The van der Waals surface area contributed by atoms with Gasteiger partial charge in [0.15, 0.2) is 13.6 Å². The summed E-state index contributed by atoms with van der Waals surface area (Å²) in [5.74, 6) is -2.57. The van der Waals surface area contributed by atoms with Gasteiger partial charge in [0, 0.05) is 6.54 Å². The molecule has 0 bridgehead atoms. The lowest BCUT2D eigenvalue weighted by atomic mass is 9.68. The van der Waals surface area contributed by atoms with Crippen LogP contribution in [0, 0.1) is 16.7 Å². The van der Waals surface area contributed by atoms with E-state index in [1.807, 2.05) is 0 Å². The number of ether oxygens (including phenoxy) is 3. The van der Waals surface area contributed by atoms with E-state index in [0.717, 1.165) is 0 Å². The summed E-state index contributed by atoms with van der Waals surface area (Å²) in [5.41, 5.74) is -2.24. The second-order valence-electron chi connectivity index (χ2n) is 7.15. The normalized spacial score (nSPS) is 16.6. The van der Waals surface area contributed by atoms with Gasteiger partial charge in [0.05, 0.1) is 16.7 Å². The lowest BCUT2D eigenvalue weighted by Crippen LogP contribution is -2.42. The van der Waals surface area contributed by atoms with E-state index in [9.17, 15) is 14.4 Å². The fourth-order valence-corrected chi connectivity index (χ4v) is 3.05. The molecule has 0 saturated carbocycles. The van der Waals surface area contributed by atoms with Gasteiger partial charge in [-0.1, -0.05) is 13.8 Å². The first-order chi connectivity index (χ1) is 12.6. The molecule has 9 nitrogen and oxygen atoms in total. The van der Waals surface area contributed by atoms with Gasteiger partial charge in [0.1, 0.15) is 6.61 Å². The van der Waals surface area contributed by atoms with Gasteiger partial charge in [-0.25, -0.2) is 0 Å². The molecule has 0 rings (SSSR count). The smallest absolute Gasteiger partial charge is 0.313 e. The molecule has 0 heterocycles. The zero-order valence-electron chi connectivity index (χ0n) is 16.9. The molecule has 3 N–H and O–H groups in total. The Morgan fingerprint density at radius 2 is 1.56 bits per heavy atom. The molecule has 0 aliphatic carbocycles. The molecule has 3 atom stereocenters. The molecule has 0 aromatic carbocycles. The number of aliphatic hydroxyl groups is 2. The van der Waals surface area contributed by atoms with Crippen LogP contribution in [0.4, 0.5) is 0 Å². The highest BCUT2D eigenvalue weighted by Gasteiger charge is 2.47. The van der Waals surface area contributed by atoms with E-state index in [4.69, 9.17) is 19.7 Å². The summed E-state index contributed by atoms with van der Waals surface area (Å²) in [5, 5.41) is 20.6. The summed E-state index contributed by atoms with van der Waals surface area (Å²) in [6.07, 6.45) is 0.483. The first-order valence-electron chi connectivity index (χ1n) is 8.97. The third-order valence-electron chi connectivity index (χ3n) is 4.69. The number of esters is 3. The van der Waals surface area contributed by atoms with Crippen LogP contribution in [-0.4, -0.2) is 61.9 Å². The fraction of sp³-hybridized carbons (Fsp3) is 0.833. The first kappa shape index (κ1) is 25.3. The second-order valence-corrected chi connectivity index (χ2v) is 7.15. The van der Waals surface area contributed by atoms with Gasteiger partial charge in [0.2, 0.25) is 0 Å². The minimum Gasteiger partial charge on any atom is -0.464 e. The van der Waals surface area contributed by atoms with E-state index in [0.29, 0.717) is 13.0 Å². The SMILES string of the molecule is CCC(C)(CC(C)(CC(C)C(=O)OCO)C(=O)OCO)C(=O)OCCNC. The molecule has 0 aliphatic heterocycles. The molecular weight excluding hydrogens is 358 g/mol. The zero-order chi connectivity index (χ0) is 21.1. The monoisotopic (exact) mass is 391 g/mol. The second kappa shape index (κ2) is 11.9. The molecule has 27 heavy (non-hydrogen) atoms. The molecule has 0 radical (unpaired) electrons. The molecule has 0 spiro atoms. The van der Waals surface area contributed by atoms with E-state index in [-0.39, 0.29) is 19.4 Å². The summed E-state index contributed by atoms with van der Waals surface area (Å²) < 4.78 is 14.6. The molecule has 0 amide bonds. The number of rotatable bonds is 13. The molecule has 3 unspecified atom stereocenters. The average Bonchev–Trinajstić information content (AvgIpc) is 2.61. The Labute approximate surface area is 160 Å². The lowest BCUT2D eigenvalue weighted by Gasteiger charge is -2.36. The third-order valence-corrected chi connectivity index (χ3v) is 4.69. The molecule has 0 aromatic heterocycles. The summed E-state index contributed by atoms with van der Waals surface area (Å²) >= 11 is 0. The van der Waals surface area contributed by atoms with Crippen LogP contribution < -0.4 is 5.32 Å². The largest absolute Gasteiger partial charge is 0.464 e. The van der Waals surface area contributed by atoms with Crippen LogP contribution in [0.3, 0.4) is 0 Å². The Hall–Kier alpha value is -1.71. The van der Waals surface area contributed by atoms with Gasteiger partial charge >= 0.3 is 17.9 Å². The van der Waals surface area contributed by atoms with Gasteiger partial charge in [-0.3, -0.25) is 14.4 Å². The van der Waals surface area contributed by atoms with Crippen molar-refractivity contribution in [2.24, 2.45) is 16.7 Å². The van der Waals surface area contributed by atoms with Gasteiger partial charge in [0.25, 0.3) is 0 Å². The number of aliphatic hydroxyl groups excluding tert-OH is 2. The third kappa shape index (κ3) is 7.82. The molecular formula is C18H33NO8. The highest BCUT2D eigenvalue weighted by molar-refractivity contribution is 5.81. The topological polar surface area (TPSA) is 131 Å². The van der Waals surface area contributed by atoms with E-state index in [1.165, 1.54) is 0 Å². The summed E-state index contributed by atoms with van der Waals surface area (Å²) in [4.78, 5) is 36.9. The van der Waals surface area contributed by atoms with E-state index >= 15 is 0 Å². The Morgan fingerprint density at radius 1 is 1.00 bits per heavy atom. The maximum absolute atomic E-state index is 12.6. The number of hydrogen-bond donors (Lipinski definition) is 3. The minimum absolute atomic E-state index is 0.0179. The summed E-state index contributed by atoms with van der Waals surface area (Å²) in [7, 11) is 1.74. The molecule has 0 aliphatic rings. The Balaban J connectivity index is 5.49. The van der Waals surface area contributed by atoms with Crippen molar-refractivity contribution < 1.29 is 38.8 Å². The van der Waals surface area contributed by atoms with Crippen molar-refractivity contribution in [1.29, 1.82) is 0 Å². The standard InChI is InChI=1S/C18H33NO8/c1-6-17(3,15(23)25-8-7-19-5)10-18(4,16(24)27-12-21)9-13(2)14(22)26-11-20/h13,19-21H,6-12H2,1-5H3. The van der Waals surface area contributed by atoms with Crippen LogP contribution in [-0.2, 0) is 28.6 Å². The number of nitrogens with one attached hydrogen (secondary N) is 1. The zero-order valence-corrected chi connectivity index (χ0v) is 16.9. The number of carbonyl (C=O) groups excluding carboxylic acids is 3. The van der Waals surface area contributed by atoms with Gasteiger partial charge in [-0.15, -0.1) is 0 Å². The van der Waals surface area contributed by atoms with E-state index in [2.05, 4.69) is 10.1 Å². The first-order valence-corrected chi connectivity index (χ1v) is 8.97. The minimum atomic E-state index is -1.25. The maximum Gasteiger partial charge on any atom is 0.313 e. The number of hydrogen-bond acceptors (Lipinski definition) is 9. The summed E-state index contributed by atoms with van der Waals surface area (Å²) in [6, 6.07) is 0. The van der Waals surface area contributed by atoms with Crippen molar-refractivity contribution in [1.82, 2.24) is 5.32 Å². The van der Waals surface area contributed by atoms with Gasteiger partial charge in [-0.05, 0) is 40.2 Å². The van der Waals surface area contributed by atoms with Crippen molar-refractivity contribution >= 4 is 17.9 Å². The van der Waals surface area contributed by atoms with Crippen molar-refractivity contribution in [3.63, 3.8) is 0 Å². The van der Waals surface area contributed by atoms with Crippen molar-refractivity contribution in [2.75, 3.05) is 33.8 Å². The molecule has 9 heteroatoms. The van der Waals surface area contributed by atoms with Crippen LogP contribution in [0.15, 0.2) is 0 Å². The Bertz CT molecular complexity index is 498. The van der Waals surface area contributed by atoms with Crippen molar-refractivity contribution in [3.05, 3.63) is 0 Å². The summed E-state index contributed by atoms with van der Waals surface area (Å²) in [6.45, 7) is 5.75. The lowest BCUT2D eigenvalue weighted by molar-refractivity contribution is -0.172. The van der Waals surface area contributed by atoms with Crippen LogP contribution in [0.2, 0.25) is 0 Å². The van der Waals surface area contributed by atoms with E-state index < -0.39 is 48.2 Å². The number of likely N-dealkylation sites (N-methyl/N-ethyl adjacent to an activating group) is 1. The molecule has 158 valence electrons. The molecule has 0 aromatic rings. The highest BCUT2D eigenvalue weighted by Crippen LogP contribution is 2.42. The molecule has 0 saturated heterocycles. The van der Waals surface area contributed by atoms with Crippen LogP contribution in [0.25, 0.3) is 0 Å². The highest BCUT2D eigenvalue weighted by atomic mass is 16.6. The Kier molecular flexibility index (Phi) is 11.1. The van der Waals surface area contributed by atoms with Gasteiger partial charge in [-0.2, -0.15) is 0 Å². The van der Waals surface area contributed by atoms with Gasteiger partial charge < -0.3 is 29.7 Å². The van der Waals surface area contributed by atoms with Crippen molar-refractivity contribution in [3.8, 4) is 0 Å². The fourth-order valence-electron chi connectivity index (χ4n) is 3.05. The van der Waals surface area contributed by atoms with Crippen LogP contribution in [0.1, 0.15) is 47.0 Å². The Morgan fingerprint density at radius 3 is 2.04 bits per heavy atom. The average molecular weight is 391 g/mol. The van der Waals surface area contributed by atoms with Crippen molar-refractivity contribution in [2.45, 2.75) is 47.0 Å². The van der Waals surface area contributed by atoms with Crippen LogP contribution in [0.5, 0.6) is 0 Å². The predicted molar refractivity (Wildman–Crippen MR) is 96.1 cm³/mol. The maximum atomic E-state index is 12.6. The van der Waals surface area contributed by atoms with Crippen LogP contribution >= 0.6 is 0 Å². The predicted octanol–water partition coefficient (Wildman–Crippen LogP) is 0.574. The number of carbonyl (C=O) groups is 3. The molecule has 0 fully saturated rings. The quantitative estimate of drug-likeness (QED) is 0.178.